The highest BCUT2D eigenvalue weighted by Gasteiger charge is 2.47. The molecule has 7 nitrogen and oxygen atoms in total. The van der Waals surface area contributed by atoms with Gasteiger partial charge in [-0.25, -0.2) is 9.18 Å². The van der Waals surface area contributed by atoms with Crippen LogP contribution in [-0.2, 0) is 16.0 Å². The first-order valence-corrected chi connectivity index (χ1v) is 13.1. The molecule has 2 aliphatic rings. The number of rotatable bonds is 7. The monoisotopic (exact) mass is 526 g/mol. The summed E-state index contributed by atoms with van der Waals surface area (Å²) in [6.45, 7) is 6.34. The van der Waals surface area contributed by atoms with Crippen LogP contribution in [0, 0.1) is 19.7 Å². The van der Waals surface area contributed by atoms with Crippen LogP contribution in [0.5, 0.6) is 0 Å². The Morgan fingerprint density at radius 1 is 1.05 bits per heavy atom. The van der Waals surface area contributed by atoms with Gasteiger partial charge in [-0.3, -0.25) is 14.5 Å². The van der Waals surface area contributed by atoms with Gasteiger partial charge in [0, 0.05) is 18.7 Å². The maximum absolute atomic E-state index is 14.2. The number of benzene rings is 3. The van der Waals surface area contributed by atoms with Gasteiger partial charge >= 0.3 is 6.03 Å². The van der Waals surface area contributed by atoms with Crippen molar-refractivity contribution in [2.24, 2.45) is 0 Å². The van der Waals surface area contributed by atoms with Gasteiger partial charge in [-0.05, 0) is 61.7 Å². The lowest BCUT2D eigenvalue weighted by atomic mass is 9.91. The molecule has 2 N–H and O–H groups in total. The van der Waals surface area contributed by atoms with Gasteiger partial charge in [-0.15, -0.1) is 0 Å². The van der Waals surface area contributed by atoms with Crippen LogP contribution in [0.1, 0.15) is 35.2 Å². The molecule has 2 unspecified atom stereocenters. The third-order valence-electron chi connectivity index (χ3n) is 7.36. The minimum Gasteiger partial charge on any atom is -0.326 e. The van der Waals surface area contributed by atoms with Gasteiger partial charge in [0.2, 0.25) is 5.91 Å². The highest BCUT2D eigenvalue weighted by Crippen LogP contribution is 2.38. The second-order valence-electron chi connectivity index (χ2n) is 9.98. The number of aryl methyl sites for hydroxylation is 2. The summed E-state index contributed by atoms with van der Waals surface area (Å²) in [5.74, 6) is -1.08. The van der Waals surface area contributed by atoms with Crippen molar-refractivity contribution in [1.82, 2.24) is 15.1 Å². The van der Waals surface area contributed by atoms with Crippen molar-refractivity contribution < 1.29 is 18.8 Å². The summed E-state index contributed by atoms with van der Waals surface area (Å²) < 4.78 is 13.5. The molecule has 3 aromatic rings. The molecule has 200 valence electrons. The molecule has 0 aromatic heterocycles. The zero-order valence-corrected chi connectivity index (χ0v) is 22.2. The zero-order chi connectivity index (χ0) is 27.7. The molecule has 0 aliphatic carbocycles. The lowest BCUT2D eigenvalue weighted by Crippen LogP contribution is -2.47. The Morgan fingerprint density at radius 2 is 1.77 bits per heavy atom. The molecule has 2 aliphatic heterocycles. The summed E-state index contributed by atoms with van der Waals surface area (Å²) in [7, 11) is 0. The van der Waals surface area contributed by atoms with Crippen LogP contribution in [0.25, 0.3) is 0 Å². The highest BCUT2D eigenvalue weighted by molar-refractivity contribution is 6.05. The summed E-state index contributed by atoms with van der Waals surface area (Å²) in [4.78, 5) is 44.1. The zero-order valence-electron chi connectivity index (χ0n) is 22.2. The largest absolute Gasteiger partial charge is 0.326 e. The number of halogens is 1. The molecule has 0 saturated heterocycles. The predicted octanol–water partition coefficient (Wildman–Crippen LogP) is 4.88. The molecule has 2 heterocycles. The average molecular weight is 527 g/mol. The molecular weight excluding hydrogens is 495 g/mol. The van der Waals surface area contributed by atoms with E-state index >= 15 is 0 Å². The van der Waals surface area contributed by atoms with Crippen LogP contribution >= 0.6 is 0 Å². The Bertz CT molecular complexity index is 1450. The Hall–Kier alpha value is -4.46. The first kappa shape index (κ1) is 26.2. The molecular formula is C31H31FN4O3. The molecule has 0 spiro atoms. The first-order chi connectivity index (χ1) is 18.8. The Morgan fingerprint density at radius 3 is 2.44 bits per heavy atom. The van der Waals surface area contributed by atoms with Gasteiger partial charge in [0.25, 0.3) is 5.91 Å². The van der Waals surface area contributed by atoms with E-state index in [1.165, 1.54) is 24.3 Å². The number of carbonyl (C=O) groups excluding carboxylic acids is 3. The SMILES string of the molecule is CCN1C(=O)NC(c2ccc(C)cc2C)C2=C1CN(C(Cc1ccccc1)C(=O)Nc1ccc(F)cc1)C2=O. The molecule has 0 radical (unpaired) electrons. The van der Waals surface area contributed by atoms with Crippen LogP contribution in [0.4, 0.5) is 14.9 Å². The maximum atomic E-state index is 14.2. The van der Waals surface area contributed by atoms with Crippen LogP contribution in [0.15, 0.2) is 84.1 Å². The number of amides is 4. The van der Waals surface area contributed by atoms with Crippen molar-refractivity contribution in [3.05, 3.63) is 112 Å². The summed E-state index contributed by atoms with van der Waals surface area (Å²) >= 11 is 0. The van der Waals surface area contributed by atoms with Gasteiger partial charge in [0.1, 0.15) is 11.9 Å². The van der Waals surface area contributed by atoms with E-state index in [9.17, 15) is 18.8 Å². The Kier molecular flexibility index (Phi) is 7.19. The van der Waals surface area contributed by atoms with Gasteiger partial charge in [-0.2, -0.15) is 0 Å². The van der Waals surface area contributed by atoms with E-state index < -0.39 is 17.9 Å². The lowest BCUT2D eigenvalue weighted by molar-refractivity contribution is -0.134. The number of anilines is 1. The van der Waals surface area contributed by atoms with E-state index in [0.717, 1.165) is 22.3 Å². The quantitative estimate of drug-likeness (QED) is 0.461. The van der Waals surface area contributed by atoms with E-state index in [4.69, 9.17) is 0 Å². The number of hydrogen-bond acceptors (Lipinski definition) is 3. The normalized spacial score (nSPS) is 17.7. The molecule has 0 fully saturated rings. The van der Waals surface area contributed by atoms with Crippen molar-refractivity contribution in [2.45, 2.75) is 39.3 Å². The van der Waals surface area contributed by atoms with Crippen molar-refractivity contribution in [1.29, 1.82) is 0 Å². The van der Waals surface area contributed by atoms with Crippen LogP contribution in [-0.4, -0.2) is 46.8 Å². The first-order valence-electron chi connectivity index (χ1n) is 13.1. The number of nitrogens with one attached hydrogen (secondary N) is 2. The van der Waals surface area contributed by atoms with Gasteiger partial charge in [0.05, 0.1) is 23.9 Å². The molecule has 0 bridgehead atoms. The number of nitrogens with zero attached hydrogens (tertiary/aromatic N) is 2. The van der Waals surface area contributed by atoms with E-state index in [1.54, 1.807) is 9.80 Å². The second kappa shape index (κ2) is 10.7. The third-order valence-corrected chi connectivity index (χ3v) is 7.36. The number of urea groups is 1. The fourth-order valence-corrected chi connectivity index (χ4v) is 5.42. The number of likely N-dealkylation sites (N-methyl/N-ethyl adjacent to an activating group) is 1. The molecule has 8 heteroatoms. The van der Waals surface area contributed by atoms with Gasteiger partial charge in [-0.1, -0.05) is 54.1 Å². The Balaban J connectivity index is 1.52. The van der Waals surface area contributed by atoms with E-state index in [1.807, 2.05) is 69.3 Å². The van der Waals surface area contributed by atoms with Crippen LogP contribution in [0.2, 0.25) is 0 Å². The standard InChI is InChI=1S/C31H31FN4O3/c1-4-35-26-18-36(30(38)27(26)28(34-31(35)39)24-15-10-19(2)16-20(24)3)25(17-21-8-6-5-7-9-21)29(37)33-23-13-11-22(32)12-14-23/h5-16,25,28H,4,17-18H2,1-3H3,(H,33,37)(H,34,39). The topological polar surface area (TPSA) is 81.8 Å². The molecule has 5 rings (SSSR count). The average Bonchev–Trinajstić information content (AvgIpc) is 3.25. The van der Waals surface area contributed by atoms with Crippen molar-refractivity contribution in [2.75, 3.05) is 18.4 Å². The molecule has 2 atom stereocenters. The minimum atomic E-state index is -0.857. The summed E-state index contributed by atoms with van der Waals surface area (Å²) in [6.07, 6.45) is 0.280. The van der Waals surface area contributed by atoms with Crippen LogP contribution < -0.4 is 10.6 Å². The molecule has 39 heavy (non-hydrogen) atoms. The van der Waals surface area contributed by atoms with Crippen molar-refractivity contribution in [3.63, 3.8) is 0 Å². The summed E-state index contributed by atoms with van der Waals surface area (Å²) in [6, 6.07) is 19.2. The van der Waals surface area contributed by atoms with E-state index in [2.05, 4.69) is 10.6 Å². The number of carbonyl (C=O) groups is 3. The smallest absolute Gasteiger partial charge is 0.322 e. The number of hydrogen-bond donors (Lipinski definition) is 2. The van der Waals surface area contributed by atoms with E-state index in [0.29, 0.717) is 23.5 Å². The fourth-order valence-electron chi connectivity index (χ4n) is 5.42. The highest BCUT2D eigenvalue weighted by atomic mass is 19.1. The Labute approximate surface area is 227 Å². The summed E-state index contributed by atoms with van der Waals surface area (Å²) in [5.41, 5.74) is 5.33. The van der Waals surface area contributed by atoms with Crippen molar-refractivity contribution >= 4 is 23.5 Å². The molecule has 0 saturated carbocycles. The molecule has 4 amide bonds. The second-order valence-corrected chi connectivity index (χ2v) is 9.98. The van der Waals surface area contributed by atoms with Crippen molar-refractivity contribution in [3.8, 4) is 0 Å². The third kappa shape index (κ3) is 5.14. The summed E-state index contributed by atoms with van der Waals surface area (Å²) in [5, 5.41) is 5.87. The van der Waals surface area contributed by atoms with Gasteiger partial charge in [0.15, 0.2) is 0 Å². The fraction of sp³-hybridized carbons (Fsp3) is 0.258. The predicted molar refractivity (Wildman–Crippen MR) is 147 cm³/mol. The maximum Gasteiger partial charge on any atom is 0.322 e. The van der Waals surface area contributed by atoms with Crippen LogP contribution in [0.3, 0.4) is 0 Å². The minimum absolute atomic E-state index is 0.130. The van der Waals surface area contributed by atoms with Gasteiger partial charge < -0.3 is 15.5 Å². The van der Waals surface area contributed by atoms with E-state index in [-0.39, 0.29) is 30.8 Å². The lowest BCUT2D eigenvalue weighted by Gasteiger charge is -2.33. The molecule has 3 aromatic carbocycles.